The SMILES string of the molecule is Cc1ccc(C=C(C#N)c2nc(-c3ccc(Cl)cc3)cs2)o1. The topological polar surface area (TPSA) is 49.8 Å². The molecule has 0 spiro atoms. The summed E-state index contributed by atoms with van der Waals surface area (Å²) in [4.78, 5) is 4.53. The zero-order valence-corrected chi connectivity index (χ0v) is 13.3. The van der Waals surface area contributed by atoms with Crippen LogP contribution in [-0.2, 0) is 0 Å². The molecule has 2 aromatic heterocycles. The van der Waals surface area contributed by atoms with Crippen molar-refractivity contribution in [1.82, 2.24) is 4.98 Å². The van der Waals surface area contributed by atoms with Crippen LogP contribution in [0.15, 0.2) is 46.2 Å². The molecule has 0 atom stereocenters. The van der Waals surface area contributed by atoms with Gasteiger partial charge in [0.05, 0.1) is 11.3 Å². The fourth-order valence-electron chi connectivity index (χ4n) is 1.97. The molecule has 2 heterocycles. The third-order valence-corrected chi connectivity index (χ3v) is 4.17. The van der Waals surface area contributed by atoms with Crippen LogP contribution in [-0.4, -0.2) is 4.98 Å². The molecule has 5 heteroatoms. The van der Waals surface area contributed by atoms with Gasteiger partial charge in [0, 0.05) is 22.0 Å². The van der Waals surface area contributed by atoms with E-state index in [1.807, 2.05) is 48.7 Å². The van der Waals surface area contributed by atoms with Gasteiger partial charge in [-0.15, -0.1) is 11.3 Å². The van der Waals surface area contributed by atoms with Crippen molar-refractivity contribution in [2.45, 2.75) is 6.92 Å². The van der Waals surface area contributed by atoms with Crippen molar-refractivity contribution in [1.29, 1.82) is 5.26 Å². The van der Waals surface area contributed by atoms with Crippen LogP contribution in [0.5, 0.6) is 0 Å². The monoisotopic (exact) mass is 326 g/mol. The quantitative estimate of drug-likeness (QED) is 0.603. The van der Waals surface area contributed by atoms with Crippen LogP contribution < -0.4 is 0 Å². The molecule has 0 bridgehead atoms. The van der Waals surface area contributed by atoms with E-state index >= 15 is 0 Å². The summed E-state index contributed by atoms with van der Waals surface area (Å²) in [6.07, 6.45) is 1.71. The molecule has 22 heavy (non-hydrogen) atoms. The Morgan fingerprint density at radius 3 is 2.68 bits per heavy atom. The van der Waals surface area contributed by atoms with E-state index in [2.05, 4.69) is 11.1 Å². The molecule has 0 radical (unpaired) electrons. The molecular formula is C17H11ClN2OS. The smallest absolute Gasteiger partial charge is 0.134 e. The van der Waals surface area contributed by atoms with Gasteiger partial charge in [0.25, 0.3) is 0 Å². The number of halogens is 1. The number of benzene rings is 1. The Labute approximate surface area is 137 Å². The van der Waals surface area contributed by atoms with E-state index in [0.717, 1.165) is 17.0 Å². The maximum atomic E-state index is 9.35. The predicted octanol–water partition coefficient (Wildman–Crippen LogP) is 5.43. The molecule has 0 aliphatic rings. The fourth-order valence-corrected chi connectivity index (χ4v) is 2.89. The number of allylic oxidation sites excluding steroid dienone is 1. The normalized spacial score (nSPS) is 11.4. The van der Waals surface area contributed by atoms with E-state index in [0.29, 0.717) is 21.4 Å². The number of nitrogens with zero attached hydrogens (tertiary/aromatic N) is 2. The van der Waals surface area contributed by atoms with Crippen molar-refractivity contribution in [3.8, 4) is 17.3 Å². The highest BCUT2D eigenvalue weighted by atomic mass is 35.5. The van der Waals surface area contributed by atoms with Crippen LogP contribution in [0.2, 0.25) is 5.02 Å². The number of nitriles is 1. The first kappa shape index (κ1) is 14.6. The van der Waals surface area contributed by atoms with Crippen LogP contribution in [0.1, 0.15) is 16.5 Å². The van der Waals surface area contributed by atoms with Gasteiger partial charge in [0.15, 0.2) is 0 Å². The standard InChI is InChI=1S/C17H11ClN2OS/c1-11-2-7-15(21-11)8-13(9-19)17-20-16(10-22-17)12-3-5-14(18)6-4-12/h2-8,10H,1H3. The number of furan rings is 1. The first-order valence-corrected chi connectivity index (χ1v) is 7.81. The average molecular weight is 327 g/mol. The van der Waals surface area contributed by atoms with Gasteiger partial charge in [0.2, 0.25) is 0 Å². The minimum Gasteiger partial charge on any atom is -0.462 e. The van der Waals surface area contributed by atoms with Crippen LogP contribution in [0.25, 0.3) is 22.9 Å². The molecule has 3 rings (SSSR count). The maximum Gasteiger partial charge on any atom is 0.134 e. The van der Waals surface area contributed by atoms with Crippen molar-refractivity contribution < 1.29 is 4.42 Å². The lowest BCUT2D eigenvalue weighted by molar-refractivity contribution is 0.525. The van der Waals surface area contributed by atoms with Crippen LogP contribution in [0.4, 0.5) is 0 Å². The van der Waals surface area contributed by atoms with Crippen LogP contribution >= 0.6 is 22.9 Å². The van der Waals surface area contributed by atoms with E-state index < -0.39 is 0 Å². The fraction of sp³-hybridized carbons (Fsp3) is 0.0588. The van der Waals surface area contributed by atoms with Gasteiger partial charge < -0.3 is 4.42 Å². The Morgan fingerprint density at radius 2 is 2.05 bits per heavy atom. The van der Waals surface area contributed by atoms with Crippen molar-refractivity contribution in [2.75, 3.05) is 0 Å². The molecule has 0 unspecified atom stereocenters. The Kier molecular flexibility index (Phi) is 4.10. The highest BCUT2D eigenvalue weighted by Crippen LogP contribution is 2.28. The summed E-state index contributed by atoms with van der Waals surface area (Å²) in [6.45, 7) is 1.87. The van der Waals surface area contributed by atoms with Crippen molar-refractivity contribution in [3.63, 3.8) is 0 Å². The van der Waals surface area contributed by atoms with E-state index in [1.54, 1.807) is 6.08 Å². The first-order valence-electron chi connectivity index (χ1n) is 6.56. The summed E-state index contributed by atoms with van der Waals surface area (Å²) in [5.74, 6) is 1.46. The minimum atomic E-state index is 0.486. The molecular weight excluding hydrogens is 316 g/mol. The maximum absolute atomic E-state index is 9.35. The summed E-state index contributed by atoms with van der Waals surface area (Å²) in [5.41, 5.74) is 2.28. The zero-order valence-electron chi connectivity index (χ0n) is 11.7. The van der Waals surface area contributed by atoms with E-state index in [-0.39, 0.29) is 0 Å². The molecule has 0 N–H and O–H groups in total. The summed E-state index contributed by atoms with van der Waals surface area (Å²) in [7, 11) is 0. The molecule has 0 aliphatic heterocycles. The largest absolute Gasteiger partial charge is 0.462 e. The number of hydrogen-bond donors (Lipinski definition) is 0. The second-order valence-electron chi connectivity index (χ2n) is 4.66. The molecule has 0 fully saturated rings. The molecule has 1 aromatic carbocycles. The highest BCUT2D eigenvalue weighted by Gasteiger charge is 2.10. The number of rotatable bonds is 3. The van der Waals surface area contributed by atoms with Crippen LogP contribution in [0.3, 0.4) is 0 Å². The van der Waals surface area contributed by atoms with Crippen LogP contribution in [0, 0.1) is 18.3 Å². The second-order valence-corrected chi connectivity index (χ2v) is 5.96. The Morgan fingerprint density at radius 1 is 1.27 bits per heavy atom. The predicted molar refractivity (Wildman–Crippen MR) is 89.5 cm³/mol. The molecule has 0 amide bonds. The number of aryl methyl sites for hydroxylation is 1. The molecule has 0 saturated heterocycles. The zero-order chi connectivity index (χ0) is 15.5. The summed E-state index contributed by atoms with van der Waals surface area (Å²) in [6, 6.07) is 13.3. The lowest BCUT2D eigenvalue weighted by Crippen LogP contribution is -1.82. The van der Waals surface area contributed by atoms with E-state index in [1.165, 1.54) is 11.3 Å². The first-order chi connectivity index (χ1) is 10.7. The lowest BCUT2D eigenvalue weighted by Gasteiger charge is -1.96. The van der Waals surface area contributed by atoms with E-state index in [4.69, 9.17) is 16.0 Å². The van der Waals surface area contributed by atoms with Gasteiger partial charge >= 0.3 is 0 Å². The number of aromatic nitrogens is 1. The van der Waals surface area contributed by atoms with Gasteiger partial charge in [-0.05, 0) is 31.2 Å². The van der Waals surface area contributed by atoms with Gasteiger partial charge in [0.1, 0.15) is 22.6 Å². The summed E-state index contributed by atoms with van der Waals surface area (Å²) >= 11 is 7.32. The third kappa shape index (κ3) is 3.11. The molecule has 3 aromatic rings. The Bertz CT molecular complexity index is 869. The lowest BCUT2D eigenvalue weighted by atomic mass is 10.2. The van der Waals surface area contributed by atoms with Gasteiger partial charge in [-0.3, -0.25) is 0 Å². The van der Waals surface area contributed by atoms with E-state index in [9.17, 15) is 5.26 Å². The minimum absolute atomic E-state index is 0.486. The summed E-state index contributed by atoms with van der Waals surface area (Å²) < 4.78 is 5.48. The molecule has 0 aliphatic carbocycles. The highest BCUT2D eigenvalue weighted by molar-refractivity contribution is 7.11. The summed E-state index contributed by atoms with van der Waals surface area (Å²) in [5, 5.41) is 12.6. The third-order valence-electron chi connectivity index (χ3n) is 3.04. The van der Waals surface area contributed by atoms with Gasteiger partial charge in [-0.1, -0.05) is 23.7 Å². The van der Waals surface area contributed by atoms with Crippen molar-refractivity contribution in [2.24, 2.45) is 0 Å². The molecule has 108 valence electrons. The van der Waals surface area contributed by atoms with Crippen molar-refractivity contribution in [3.05, 3.63) is 63.3 Å². The average Bonchev–Trinajstić information content (AvgIpc) is 3.15. The number of thiazole rings is 1. The second kappa shape index (κ2) is 6.18. The van der Waals surface area contributed by atoms with Gasteiger partial charge in [-0.2, -0.15) is 5.26 Å². The van der Waals surface area contributed by atoms with Gasteiger partial charge in [-0.25, -0.2) is 4.98 Å². The Hall–Kier alpha value is -2.35. The molecule has 3 nitrogen and oxygen atoms in total. The van der Waals surface area contributed by atoms with Crippen molar-refractivity contribution >= 4 is 34.6 Å². The number of hydrogen-bond acceptors (Lipinski definition) is 4. The molecule has 0 saturated carbocycles. The Balaban J connectivity index is 1.93.